The highest BCUT2D eigenvalue weighted by Gasteiger charge is 2.57. The van der Waals surface area contributed by atoms with E-state index in [9.17, 15) is 33.2 Å². The van der Waals surface area contributed by atoms with E-state index in [0.29, 0.717) is 40.1 Å². The fourth-order valence-corrected chi connectivity index (χ4v) is 9.70. The lowest BCUT2D eigenvalue weighted by atomic mass is 9.81. The van der Waals surface area contributed by atoms with Crippen LogP contribution in [0.25, 0.3) is 0 Å². The Balaban J connectivity index is 1.04. The molecule has 6 atom stereocenters. The van der Waals surface area contributed by atoms with Gasteiger partial charge in [0.1, 0.15) is 35.4 Å². The first kappa shape index (κ1) is 52.7. The third kappa shape index (κ3) is 10.6. The first-order valence-corrected chi connectivity index (χ1v) is 24.1. The number of β-lactam (4-membered cyclic amide) rings is 2. The number of nitrogens with two attached hydrogens (primary N) is 2. The maximum absolute atomic E-state index is 16.0. The first-order chi connectivity index (χ1) is 35.7. The quantitative estimate of drug-likeness (QED) is 0.0919. The highest BCUT2D eigenvalue weighted by atomic mass is 19.2. The number of aryl methyl sites for hydroxylation is 5. The van der Waals surface area contributed by atoms with Gasteiger partial charge in [0.25, 0.3) is 11.8 Å². The van der Waals surface area contributed by atoms with Gasteiger partial charge < -0.3 is 27.0 Å². The molecule has 0 radical (unpaired) electrons. The zero-order valence-corrected chi connectivity index (χ0v) is 42.3. The van der Waals surface area contributed by atoms with Crippen molar-refractivity contribution in [1.82, 2.24) is 50.0 Å². The van der Waals surface area contributed by atoms with Crippen molar-refractivity contribution in [2.45, 2.75) is 77.0 Å². The van der Waals surface area contributed by atoms with E-state index in [1.807, 2.05) is 6.92 Å². The normalized spacial score (nSPS) is 17.9. The van der Waals surface area contributed by atoms with Crippen LogP contribution in [0.3, 0.4) is 0 Å². The first-order valence-electron chi connectivity index (χ1n) is 24.1. The van der Waals surface area contributed by atoms with Crippen LogP contribution in [0, 0.1) is 43.1 Å². The number of pyridine rings is 2. The smallest absolute Gasteiger partial charge is 0.325 e. The maximum Gasteiger partial charge on any atom is 0.325 e. The van der Waals surface area contributed by atoms with Crippen LogP contribution < -0.4 is 31.9 Å². The Bertz CT molecular complexity index is 3220. The van der Waals surface area contributed by atoms with Crippen molar-refractivity contribution in [3.63, 3.8) is 0 Å². The number of nitrogens with one attached hydrogen (secondary N) is 2. The molecule has 2 saturated heterocycles. The van der Waals surface area contributed by atoms with Gasteiger partial charge in [-0.1, -0.05) is 31.2 Å². The molecule has 0 bridgehead atoms. The van der Waals surface area contributed by atoms with Crippen molar-refractivity contribution in [2.24, 2.45) is 25.9 Å². The van der Waals surface area contributed by atoms with Crippen LogP contribution >= 0.6 is 0 Å². The number of nitrogen functional groups attached to an aromatic ring is 2. The number of likely N-dealkylation sites (N-methyl/N-ethyl adjacent to an activating group) is 2. The van der Waals surface area contributed by atoms with Gasteiger partial charge in [-0.15, -0.1) is 0 Å². The summed E-state index contributed by atoms with van der Waals surface area (Å²) in [6.07, 6.45) is 6.30. The van der Waals surface area contributed by atoms with Crippen molar-refractivity contribution in [3.05, 3.63) is 142 Å². The van der Waals surface area contributed by atoms with Crippen LogP contribution in [0.5, 0.6) is 0 Å². The molecular formula is C52H57F3N14O6. The summed E-state index contributed by atoms with van der Waals surface area (Å²) < 4.78 is 48.3. The summed E-state index contributed by atoms with van der Waals surface area (Å²) >= 11 is 0. The molecule has 0 spiro atoms. The Morgan fingerprint density at radius 2 is 1.31 bits per heavy atom. The van der Waals surface area contributed by atoms with Gasteiger partial charge in [0, 0.05) is 58.4 Å². The number of carbonyl (C=O) groups is 6. The lowest BCUT2D eigenvalue weighted by molar-refractivity contribution is -0.156. The standard InChI is InChI=1S/C52H57F3N14O6/c1-8-38(31-10-13-37(53)28(3)19-31)61-51(74)69-46(36(48(69)71)21-30-16-18-59-41(57)23-30)50(73)66(6)42-24-32(63-67(42)7)11-14-39(34-12-9-27(2)43(54)44(34)55)62-52(75)68-45(49(72)65(5)33-25-60-64(4)26-33)35(47(68)70)20-29-15-17-58-40(56)22-29/h9-10,12-13,15-19,22-26,35-36,38-39,45-46H,8,11,14,20-21H2,1-7H3,(H2,56,58)(H2,57,59)(H,61,74)(H,62,75)/t35-,36-,38-,39-,45+,46+/m1/s1. The average molecular weight is 1030 g/mol. The molecule has 8 rings (SSSR count). The minimum atomic E-state index is -1.33. The molecule has 4 aromatic heterocycles. The van der Waals surface area contributed by atoms with E-state index in [0.717, 1.165) is 9.80 Å². The Labute approximate surface area is 429 Å². The second-order valence-electron chi connectivity index (χ2n) is 18.9. The Morgan fingerprint density at radius 3 is 1.84 bits per heavy atom. The topological polar surface area (TPSA) is 253 Å². The van der Waals surface area contributed by atoms with Crippen LogP contribution in [0.4, 0.5) is 45.9 Å². The number of aromatic nitrogens is 6. The number of hydrogen-bond donors (Lipinski definition) is 4. The van der Waals surface area contributed by atoms with Crippen molar-refractivity contribution in [3.8, 4) is 0 Å². The monoisotopic (exact) mass is 1030 g/mol. The number of rotatable bonds is 16. The molecule has 23 heteroatoms. The Kier molecular flexibility index (Phi) is 15.1. The summed E-state index contributed by atoms with van der Waals surface area (Å²) in [6, 6.07) is 8.71. The third-order valence-electron chi connectivity index (χ3n) is 13.9. The number of halogens is 3. The van der Waals surface area contributed by atoms with Gasteiger partial charge in [-0.2, -0.15) is 10.2 Å². The molecule has 6 N–H and O–H groups in total. The number of urea groups is 2. The van der Waals surface area contributed by atoms with Gasteiger partial charge in [0.2, 0.25) is 11.8 Å². The molecule has 0 aliphatic carbocycles. The van der Waals surface area contributed by atoms with Crippen molar-refractivity contribution in [2.75, 3.05) is 35.4 Å². The third-order valence-corrected chi connectivity index (χ3v) is 13.9. The van der Waals surface area contributed by atoms with E-state index in [4.69, 9.17) is 11.5 Å². The van der Waals surface area contributed by atoms with E-state index in [1.165, 1.54) is 77.0 Å². The van der Waals surface area contributed by atoms with Crippen molar-refractivity contribution in [1.29, 1.82) is 0 Å². The van der Waals surface area contributed by atoms with Crippen molar-refractivity contribution >= 4 is 58.8 Å². The van der Waals surface area contributed by atoms with Gasteiger partial charge in [-0.05, 0) is 104 Å². The van der Waals surface area contributed by atoms with E-state index < -0.39 is 89.1 Å². The van der Waals surface area contributed by atoms with Crippen molar-refractivity contribution < 1.29 is 41.9 Å². The summed E-state index contributed by atoms with van der Waals surface area (Å²) in [5, 5.41) is 14.3. The van der Waals surface area contributed by atoms with E-state index >= 15 is 8.78 Å². The number of anilines is 4. The number of benzene rings is 2. The fraction of sp³-hybridized carbons (Fsp3) is 0.346. The molecular weight excluding hydrogens is 974 g/mol. The lowest BCUT2D eigenvalue weighted by Crippen LogP contribution is -2.70. The number of amides is 8. The Hall–Kier alpha value is -8.63. The Morgan fingerprint density at radius 1 is 0.733 bits per heavy atom. The molecule has 20 nitrogen and oxygen atoms in total. The zero-order valence-electron chi connectivity index (χ0n) is 42.3. The van der Waals surface area contributed by atoms with E-state index in [1.54, 1.807) is 69.7 Å². The van der Waals surface area contributed by atoms with Gasteiger partial charge >= 0.3 is 12.1 Å². The molecule has 392 valence electrons. The minimum absolute atomic E-state index is 0.00824. The van der Waals surface area contributed by atoms with Gasteiger partial charge in [-0.3, -0.25) is 43.2 Å². The number of nitrogens with zero attached hydrogens (tertiary/aromatic N) is 10. The molecule has 6 aromatic rings. The average Bonchev–Trinajstić information content (AvgIpc) is 4.00. The largest absolute Gasteiger partial charge is 0.384 e. The van der Waals surface area contributed by atoms with Crippen LogP contribution in [-0.2, 0) is 52.5 Å². The van der Waals surface area contributed by atoms with Gasteiger partial charge in [-0.25, -0.2) is 32.7 Å². The van der Waals surface area contributed by atoms with Crippen LogP contribution in [0.2, 0.25) is 0 Å². The second-order valence-corrected chi connectivity index (χ2v) is 18.9. The second kappa shape index (κ2) is 21.5. The van der Waals surface area contributed by atoms with E-state index in [-0.39, 0.29) is 54.3 Å². The molecule has 2 aromatic carbocycles. The fourth-order valence-electron chi connectivity index (χ4n) is 9.70. The van der Waals surface area contributed by atoms with Gasteiger partial charge in [0.15, 0.2) is 11.6 Å². The molecule has 75 heavy (non-hydrogen) atoms. The number of likely N-dealkylation sites (tertiary alicyclic amines) is 2. The molecule has 8 amide bonds. The number of carbonyl (C=O) groups excluding carboxylic acids is 6. The highest BCUT2D eigenvalue weighted by molar-refractivity contribution is 6.13. The maximum atomic E-state index is 16.0. The summed E-state index contributed by atoms with van der Waals surface area (Å²) in [5.41, 5.74) is 14.5. The lowest BCUT2D eigenvalue weighted by Gasteiger charge is -2.46. The molecule has 2 aliphatic heterocycles. The molecule has 0 saturated carbocycles. The van der Waals surface area contributed by atoms with Crippen LogP contribution in [0.15, 0.2) is 85.5 Å². The molecule has 6 heterocycles. The summed E-state index contributed by atoms with van der Waals surface area (Å²) in [6.45, 7) is 4.79. The van der Waals surface area contributed by atoms with E-state index in [2.05, 4.69) is 30.8 Å². The number of hydrogen-bond acceptors (Lipinski definition) is 12. The van der Waals surface area contributed by atoms with Crippen LogP contribution in [0.1, 0.15) is 70.9 Å². The predicted molar refractivity (Wildman–Crippen MR) is 270 cm³/mol. The minimum Gasteiger partial charge on any atom is -0.384 e. The molecule has 2 fully saturated rings. The predicted octanol–water partition coefficient (Wildman–Crippen LogP) is 5.15. The zero-order chi connectivity index (χ0) is 54.2. The number of imide groups is 2. The highest BCUT2D eigenvalue weighted by Crippen LogP contribution is 2.36. The summed E-state index contributed by atoms with van der Waals surface area (Å²) in [4.78, 5) is 97.5. The summed E-state index contributed by atoms with van der Waals surface area (Å²) in [5.74, 6) is -6.72. The van der Waals surface area contributed by atoms with Gasteiger partial charge in [0.05, 0.1) is 41.5 Å². The van der Waals surface area contributed by atoms with Crippen LogP contribution in [-0.4, -0.2) is 101 Å². The SMILES string of the molecule is CC[C@@H](NC(=O)N1C(=O)[C@H](Cc2ccnc(N)c2)[C@H]1C(=O)N(C)c1cc(CC[C@@H](NC(=O)N2C(=O)[C@H](Cc3ccnc(N)c3)[C@H]2C(=O)N(C)c2cnn(C)c2)c2ccc(C)c(F)c2F)nn1C)c1ccc(F)c(C)c1. The molecule has 0 unspecified atom stereocenters. The summed E-state index contributed by atoms with van der Waals surface area (Å²) in [7, 11) is 6.16. The molecule has 2 aliphatic rings.